The van der Waals surface area contributed by atoms with Gasteiger partial charge in [0.05, 0.1) is 66.1 Å². The predicted octanol–water partition coefficient (Wildman–Crippen LogP) is -1.17. The molecule has 0 aliphatic rings. The molecule has 4 N–H and O–H groups in total. The molecule has 0 spiro atoms. The summed E-state index contributed by atoms with van der Waals surface area (Å²) < 4.78 is 20.8. The Hall–Kier alpha value is -0.320. The minimum absolute atomic E-state index is 0.387. The van der Waals surface area contributed by atoms with Crippen LogP contribution in [0.3, 0.4) is 0 Å². The van der Waals surface area contributed by atoms with Crippen molar-refractivity contribution in [2.45, 2.75) is 0 Å². The first-order valence-electron chi connectivity index (χ1n) is 5.86. The van der Waals surface area contributed by atoms with Crippen LogP contribution in [0.25, 0.3) is 0 Å². The second-order valence-corrected chi connectivity index (χ2v) is 3.19. The largest absolute Gasteiger partial charge is 0.377 e. The highest BCUT2D eigenvalue weighted by molar-refractivity contribution is 4.35. The molecule has 0 heterocycles. The molecule has 0 aromatic carbocycles. The molecule has 18 heavy (non-hydrogen) atoms. The maximum atomic E-state index is 5.26. The summed E-state index contributed by atoms with van der Waals surface area (Å²) in [5.41, 5.74) is 0. The average molecular weight is 268 g/mol. The number of rotatable bonds is 15. The Balaban J connectivity index is 2.86. The fraction of sp³-hybridized carbons (Fsp3) is 1.00. The molecule has 0 aromatic rings. The van der Waals surface area contributed by atoms with Gasteiger partial charge in [0.25, 0.3) is 0 Å². The average Bonchev–Trinajstić information content (AvgIpc) is 2.39. The van der Waals surface area contributed by atoms with Crippen LogP contribution in [0, 0.1) is 0 Å². The van der Waals surface area contributed by atoms with Gasteiger partial charge in [-0.25, -0.2) is 11.8 Å². The van der Waals surface area contributed by atoms with Crippen molar-refractivity contribution < 1.29 is 28.6 Å². The van der Waals surface area contributed by atoms with Gasteiger partial charge in [-0.05, 0) is 0 Å². The van der Waals surface area contributed by atoms with E-state index in [0.717, 1.165) is 0 Å². The quantitative estimate of drug-likeness (QED) is 0.283. The fourth-order valence-electron chi connectivity index (χ4n) is 0.976. The van der Waals surface area contributed by atoms with E-state index in [1.807, 2.05) is 0 Å². The molecular formula is C10H24N2O6. The van der Waals surface area contributed by atoms with Crippen LogP contribution < -0.4 is 11.8 Å². The molecule has 8 heteroatoms. The van der Waals surface area contributed by atoms with E-state index >= 15 is 0 Å². The zero-order chi connectivity index (χ0) is 13.3. The molecule has 0 aliphatic carbocycles. The highest BCUT2D eigenvalue weighted by Crippen LogP contribution is 1.82. The summed E-state index contributed by atoms with van der Waals surface area (Å²) in [6, 6.07) is 0. The van der Waals surface area contributed by atoms with Crippen molar-refractivity contribution >= 4 is 0 Å². The summed E-state index contributed by atoms with van der Waals surface area (Å²) >= 11 is 0. The number of nitrogens with two attached hydrogens (primary N) is 2. The molecule has 0 amide bonds. The van der Waals surface area contributed by atoms with Crippen molar-refractivity contribution in [2.75, 3.05) is 66.1 Å². The Kier molecular flexibility index (Phi) is 16.4. The third-order valence-corrected chi connectivity index (χ3v) is 1.81. The van der Waals surface area contributed by atoms with E-state index in [-0.39, 0.29) is 0 Å². The molecule has 0 radical (unpaired) electrons. The molecule has 8 nitrogen and oxygen atoms in total. The SMILES string of the molecule is NOCCOCCOCCOCCOCCON. The lowest BCUT2D eigenvalue weighted by Gasteiger charge is -2.07. The normalized spacial score (nSPS) is 11.0. The molecule has 0 aliphatic heterocycles. The van der Waals surface area contributed by atoms with Gasteiger partial charge in [0.2, 0.25) is 0 Å². The first kappa shape index (κ1) is 17.7. The van der Waals surface area contributed by atoms with Crippen LogP contribution in [0.15, 0.2) is 0 Å². The second kappa shape index (κ2) is 16.7. The Labute approximate surface area is 107 Å². The summed E-state index contributed by atoms with van der Waals surface area (Å²) in [4.78, 5) is 8.67. The fourth-order valence-corrected chi connectivity index (χ4v) is 0.976. The maximum Gasteiger partial charge on any atom is 0.0913 e. The maximum absolute atomic E-state index is 5.26. The van der Waals surface area contributed by atoms with Crippen LogP contribution in [-0.4, -0.2) is 66.1 Å². The van der Waals surface area contributed by atoms with Crippen molar-refractivity contribution in [3.05, 3.63) is 0 Å². The summed E-state index contributed by atoms with van der Waals surface area (Å²) in [5, 5.41) is 0. The monoisotopic (exact) mass is 268 g/mol. The van der Waals surface area contributed by atoms with Gasteiger partial charge in [0, 0.05) is 0 Å². The van der Waals surface area contributed by atoms with E-state index in [4.69, 9.17) is 30.7 Å². The van der Waals surface area contributed by atoms with Gasteiger partial charge in [-0.2, -0.15) is 0 Å². The van der Waals surface area contributed by atoms with Gasteiger partial charge >= 0.3 is 0 Å². The van der Waals surface area contributed by atoms with Crippen molar-refractivity contribution in [3.8, 4) is 0 Å². The Morgan fingerprint density at radius 3 is 0.833 bits per heavy atom. The minimum atomic E-state index is 0.387. The van der Waals surface area contributed by atoms with Gasteiger partial charge < -0.3 is 28.6 Å². The smallest absolute Gasteiger partial charge is 0.0913 e. The molecule has 0 unspecified atom stereocenters. The molecule has 0 saturated carbocycles. The third kappa shape index (κ3) is 15.7. The first-order chi connectivity index (χ1) is 8.91. The summed E-state index contributed by atoms with van der Waals surface area (Å²) in [6.45, 7) is 4.87. The Morgan fingerprint density at radius 2 is 0.611 bits per heavy atom. The zero-order valence-corrected chi connectivity index (χ0v) is 10.7. The van der Waals surface area contributed by atoms with E-state index in [1.54, 1.807) is 0 Å². The molecule has 0 aromatic heterocycles. The number of hydrogen-bond donors (Lipinski definition) is 2. The molecular weight excluding hydrogens is 244 g/mol. The van der Waals surface area contributed by atoms with Crippen LogP contribution in [0.4, 0.5) is 0 Å². The zero-order valence-electron chi connectivity index (χ0n) is 10.7. The van der Waals surface area contributed by atoms with Crippen LogP contribution in [0.2, 0.25) is 0 Å². The highest BCUT2D eigenvalue weighted by Gasteiger charge is 1.92. The summed E-state index contributed by atoms with van der Waals surface area (Å²) in [5.74, 6) is 9.65. The third-order valence-electron chi connectivity index (χ3n) is 1.81. The van der Waals surface area contributed by atoms with Crippen LogP contribution in [0.1, 0.15) is 0 Å². The van der Waals surface area contributed by atoms with Gasteiger partial charge in [-0.15, -0.1) is 0 Å². The van der Waals surface area contributed by atoms with Crippen molar-refractivity contribution in [1.29, 1.82) is 0 Å². The Morgan fingerprint density at radius 1 is 0.389 bits per heavy atom. The van der Waals surface area contributed by atoms with Crippen LogP contribution >= 0.6 is 0 Å². The predicted molar refractivity (Wildman–Crippen MR) is 63.6 cm³/mol. The van der Waals surface area contributed by atoms with Gasteiger partial charge in [-0.1, -0.05) is 0 Å². The van der Waals surface area contributed by atoms with Gasteiger partial charge in [0.1, 0.15) is 0 Å². The van der Waals surface area contributed by atoms with E-state index in [1.165, 1.54) is 0 Å². The first-order valence-corrected chi connectivity index (χ1v) is 5.86. The highest BCUT2D eigenvalue weighted by atomic mass is 16.6. The van der Waals surface area contributed by atoms with E-state index in [0.29, 0.717) is 66.1 Å². The molecule has 0 rings (SSSR count). The van der Waals surface area contributed by atoms with Crippen molar-refractivity contribution in [2.24, 2.45) is 11.8 Å². The van der Waals surface area contributed by atoms with Gasteiger partial charge in [0.15, 0.2) is 0 Å². The van der Waals surface area contributed by atoms with E-state index in [2.05, 4.69) is 9.68 Å². The number of ether oxygens (including phenoxy) is 4. The second-order valence-electron chi connectivity index (χ2n) is 3.19. The molecule has 0 saturated heterocycles. The summed E-state index contributed by atoms with van der Waals surface area (Å²) in [6.07, 6.45) is 0. The standard InChI is InChI=1S/C10H24N2O6/c11-17-9-7-15-5-3-13-1-2-14-4-6-16-8-10-18-12/h1-12H2. The van der Waals surface area contributed by atoms with Gasteiger partial charge in [-0.3, -0.25) is 0 Å². The van der Waals surface area contributed by atoms with Crippen molar-refractivity contribution in [3.63, 3.8) is 0 Å². The lowest BCUT2D eigenvalue weighted by molar-refractivity contribution is -0.0169. The lowest BCUT2D eigenvalue weighted by Crippen LogP contribution is -2.15. The lowest BCUT2D eigenvalue weighted by atomic mass is 10.7. The van der Waals surface area contributed by atoms with Crippen molar-refractivity contribution in [1.82, 2.24) is 0 Å². The molecule has 0 bridgehead atoms. The Bertz CT molecular complexity index is 136. The minimum Gasteiger partial charge on any atom is -0.377 e. The molecule has 110 valence electrons. The topological polar surface area (TPSA) is 107 Å². The molecule has 0 fully saturated rings. The van der Waals surface area contributed by atoms with Crippen LogP contribution in [-0.2, 0) is 28.6 Å². The van der Waals surface area contributed by atoms with E-state index in [9.17, 15) is 0 Å². The number of hydrogen-bond acceptors (Lipinski definition) is 8. The molecule has 0 atom stereocenters. The van der Waals surface area contributed by atoms with Crippen LogP contribution in [0.5, 0.6) is 0 Å². The van der Waals surface area contributed by atoms with E-state index < -0.39 is 0 Å². The summed E-state index contributed by atoms with van der Waals surface area (Å²) in [7, 11) is 0.